The van der Waals surface area contributed by atoms with Crippen LogP contribution in [0.3, 0.4) is 0 Å². The maximum Gasteiger partial charge on any atom is 0.273 e. The standard InChI is InChI=1S/C23H24FN5O4S/c1-15-21(16(2)29(27-15)19-9-7-18(24)8-10-19)23(31)26-25-22(30)17-5-11-20(12-6-17)34(32,33)28-13-3-4-14-28/h5-12H,3-4,13-14H2,1-2H3,(H,25,30)(H,26,31). The Morgan fingerprint density at radius 1 is 0.912 bits per heavy atom. The van der Waals surface area contributed by atoms with Gasteiger partial charge < -0.3 is 0 Å². The lowest BCUT2D eigenvalue weighted by molar-refractivity contribution is 0.0846. The Bertz CT molecular complexity index is 1330. The van der Waals surface area contributed by atoms with Gasteiger partial charge in [0.05, 0.1) is 27.5 Å². The Labute approximate surface area is 196 Å². The van der Waals surface area contributed by atoms with Crippen molar-refractivity contribution in [1.82, 2.24) is 24.9 Å². The van der Waals surface area contributed by atoms with Crippen LogP contribution in [0.5, 0.6) is 0 Å². The summed E-state index contributed by atoms with van der Waals surface area (Å²) in [5.41, 5.74) is 6.71. The van der Waals surface area contributed by atoms with E-state index in [1.807, 2.05) is 0 Å². The SMILES string of the molecule is Cc1nn(-c2ccc(F)cc2)c(C)c1C(=O)NNC(=O)c1ccc(S(=O)(=O)N2CCCC2)cc1. The number of hydrogen-bond acceptors (Lipinski definition) is 5. The van der Waals surface area contributed by atoms with Crippen LogP contribution >= 0.6 is 0 Å². The number of amides is 2. The van der Waals surface area contributed by atoms with Gasteiger partial charge >= 0.3 is 0 Å². The summed E-state index contributed by atoms with van der Waals surface area (Å²) in [6, 6.07) is 11.2. The smallest absolute Gasteiger partial charge is 0.267 e. The number of aryl methyl sites for hydroxylation is 1. The van der Waals surface area contributed by atoms with Gasteiger partial charge in [0.15, 0.2) is 0 Å². The van der Waals surface area contributed by atoms with Gasteiger partial charge in [-0.15, -0.1) is 0 Å². The molecule has 2 heterocycles. The molecule has 4 rings (SSSR count). The number of hydrazine groups is 1. The third kappa shape index (κ3) is 4.57. The van der Waals surface area contributed by atoms with Crippen LogP contribution in [0.1, 0.15) is 44.9 Å². The van der Waals surface area contributed by atoms with Gasteiger partial charge in [0.2, 0.25) is 10.0 Å². The molecule has 2 aromatic carbocycles. The Hall–Kier alpha value is -3.57. The van der Waals surface area contributed by atoms with Crippen LogP contribution in [0.4, 0.5) is 4.39 Å². The van der Waals surface area contributed by atoms with Crippen LogP contribution in [-0.4, -0.2) is 47.4 Å². The van der Waals surface area contributed by atoms with E-state index in [-0.39, 0.29) is 21.8 Å². The summed E-state index contributed by atoms with van der Waals surface area (Å²) in [5.74, 6) is -1.54. The Kier molecular flexibility index (Phi) is 6.49. The van der Waals surface area contributed by atoms with E-state index < -0.39 is 21.8 Å². The molecule has 11 heteroatoms. The maximum atomic E-state index is 13.2. The van der Waals surface area contributed by atoms with Crippen LogP contribution in [0.25, 0.3) is 5.69 Å². The highest BCUT2D eigenvalue weighted by Crippen LogP contribution is 2.21. The average Bonchev–Trinajstić information content (AvgIpc) is 3.47. The van der Waals surface area contributed by atoms with E-state index >= 15 is 0 Å². The number of nitrogens with zero attached hydrogens (tertiary/aromatic N) is 3. The minimum absolute atomic E-state index is 0.120. The minimum atomic E-state index is -3.57. The molecule has 1 fully saturated rings. The zero-order chi connectivity index (χ0) is 24.5. The molecule has 0 radical (unpaired) electrons. The van der Waals surface area contributed by atoms with Crippen molar-refractivity contribution in [3.05, 3.63) is 76.9 Å². The first-order valence-electron chi connectivity index (χ1n) is 10.7. The van der Waals surface area contributed by atoms with E-state index in [2.05, 4.69) is 16.0 Å². The number of aromatic nitrogens is 2. The first kappa shape index (κ1) is 23.6. The fourth-order valence-corrected chi connectivity index (χ4v) is 5.43. The van der Waals surface area contributed by atoms with Crippen LogP contribution in [-0.2, 0) is 10.0 Å². The summed E-state index contributed by atoms with van der Waals surface area (Å²) < 4.78 is 41.4. The van der Waals surface area contributed by atoms with Crippen LogP contribution in [0, 0.1) is 19.7 Å². The van der Waals surface area contributed by atoms with Gasteiger partial charge in [-0.2, -0.15) is 9.40 Å². The third-order valence-corrected chi connectivity index (χ3v) is 7.61. The molecule has 0 saturated carbocycles. The van der Waals surface area contributed by atoms with E-state index in [4.69, 9.17) is 0 Å². The summed E-state index contributed by atoms with van der Waals surface area (Å²) in [5, 5.41) is 4.34. The molecular formula is C23H24FN5O4S. The summed E-state index contributed by atoms with van der Waals surface area (Å²) in [6.07, 6.45) is 1.67. The molecule has 0 bridgehead atoms. The van der Waals surface area contributed by atoms with Gasteiger partial charge in [-0.05, 0) is 75.2 Å². The molecule has 2 amide bonds. The molecule has 1 aromatic heterocycles. The zero-order valence-corrected chi connectivity index (χ0v) is 19.5. The minimum Gasteiger partial charge on any atom is -0.267 e. The van der Waals surface area contributed by atoms with E-state index in [1.165, 1.54) is 45.4 Å². The zero-order valence-electron chi connectivity index (χ0n) is 18.7. The molecule has 0 unspecified atom stereocenters. The molecule has 1 saturated heterocycles. The molecule has 1 aliphatic rings. The monoisotopic (exact) mass is 485 g/mol. The normalized spacial score (nSPS) is 14.2. The lowest BCUT2D eigenvalue weighted by Crippen LogP contribution is -2.42. The van der Waals surface area contributed by atoms with Gasteiger partial charge in [-0.3, -0.25) is 20.4 Å². The predicted molar refractivity (Wildman–Crippen MR) is 122 cm³/mol. The molecule has 9 nitrogen and oxygen atoms in total. The van der Waals surface area contributed by atoms with E-state index in [0.717, 1.165) is 12.8 Å². The second kappa shape index (κ2) is 9.35. The van der Waals surface area contributed by atoms with Crippen LogP contribution in [0.15, 0.2) is 53.4 Å². The first-order chi connectivity index (χ1) is 16.2. The molecule has 1 aliphatic heterocycles. The van der Waals surface area contributed by atoms with E-state index in [1.54, 1.807) is 26.0 Å². The van der Waals surface area contributed by atoms with E-state index in [0.29, 0.717) is 30.2 Å². The summed E-state index contributed by atoms with van der Waals surface area (Å²) in [4.78, 5) is 25.3. The summed E-state index contributed by atoms with van der Waals surface area (Å²) in [6.45, 7) is 4.34. The number of nitrogens with one attached hydrogen (secondary N) is 2. The number of hydrogen-bond donors (Lipinski definition) is 2. The van der Waals surface area contributed by atoms with Crippen molar-refractivity contribution in [3.8, 4) is 5.69 Å². The Balaban J connectivity index is 1.43. The second-order valence-electron chi connectivity index (χ2n) is 7.98. The number of carbonyl (C=O) groups is 2. The van der Waals surface area contributed by atoms with Crippen molar-refractivity contribution < 1.29 is 22.4 Å². The van der Waals surface area contributed by atoms with Crippen LogP contribution in [0.2, 0.25) is 0 Å². The van der Waals surface area contributed by atoms with E-state index in [9.17, 15) is 22.4 Å². The highest BCUT2D eigenvalue weighted by Gasteiger charge is 2.27. The topological polar surface area (TPSA) is 113 Å². The maximum absolute atomic E-state index is 13.2. The molecule has 178 valence electrons. The average molecular weight is 486 g/mol. The predicted octanol–water partition coefficient (Wildman–Crippen LogP) is 2.49. The lowest BCUT2D eigenvalue weighted by Gasteiger charge is -2.15. The summed E-state index contributed by atoms with van der Waals surface area (Å²) >= 11 is 0. The fourth-order valence-electron chi connectivity index (χ4n) is 3.91. The number of halogens is 1. The first-order valence-corrected chi connectivity index (χ1v) is 12.2. The largest absolute Gasteiger partial charge is 0.273 e. The molecule has 0 aliphatic carbocycles. The van der Waals surface area contributed by atoms with Gasteiger partial charge in [0.1, 0.15) is 5.82 Å². The molecule has 0 spiro atoms. The lowest BCUT2D eigenvalue weighted by atomic mass is 10.2. The number of benzene rings is 2. The van der Waals surface area contributed by atoms with Crippen molar-refractivity contribution in [2.45, 2.75) is 31.6 Å². The van der Waals surface area contributed by atoms with Crippen molar-refractivity contribution in [2.24, 2.45) is 0 Å². The van der Waals surface area contributed by atoms with Crippen molar-refractivity contribution in [3.63, 3.8) is 0 Å². The number of rotatable bonds is 5. The van der Waals surface area contributed by atoms with Gasteiger partial charge in [-0.1, -0.05) is 0 Å². The molecule has 3 aromatic rings. The van der Waals surface area contributed by atoms with Gasteiger partial charge in [-0.25, -0.2) is 17.5 Å². The Morgan fingerprint density at radius 2 is 1.50 bits per heavy atom. The van der Waals surface area contributed by atoms with Crippen molar-refractivity contribution in [2.75, 3.05) is 13.1 Å². The Morgan fingerprint density at radius 3 is 2.12 bits per heavy atom. The second-order valence-corrected chi connectivity index (χ2v) is 9.92. The number of sulfonamides is 1. The fraction of sp³-hybridized carbons (Fsp3) is 0.261. The van der Waals surface area contributed by atoms with Gasteiger partial charge in [0.25, 0.3) is 11.8 Å². The highest BCUT2D eigenvalue weighted by atomic mass is 32.2. The third-order valence-electron chi connectivity index (χ3n) is 5.70. The molecule has 34 heavy (non-hydrogen) atoms. The number of carbonyl (C=O) groups excluding carboxylic acids is 2. The molecule has 0 atom stereocenters. The van der Waals surface area contributed by atoms with Crippen molar-refractivity contribution in [1.29, 1.82) is 0 Å². The van der Waals surface area contributed by atoms with Crippen molar-refractivity contribution >= 4 is 21.8 Å². The molecular weight excluding hydrogens is 461 g/mol. The van der Waals surface area contributed by atoms with Crippen LogP contribution < -0.4 is 10.9 Å². The van der Waals surface area contributed by atoms with Gasteiger partial charge in [0, 0.05) is 18.7 Å². The quantitative estimate of drug-likeness (QED) is 0.539. The summed E-state index contributed by atoms with van der Waals surface area (Å²) in [7, 11) is -3.57. The molecule has 2 N–H and O–H groups in total. The highest BCUT2D eigenvalue weighted by molar-refractivity contribution is 7.89.